The van der Waals surface area contributed by atoms with Gasteiger partial charge in [0.15, 0.2) is 0 Å². The quantitative estimate of drug-likeness (QED) is 0.675. The third-order valence-electron chi connectivity index (χ3n) is 2.71. The first-order valence-corrected chi connectivity index (χ1v) is 6.51. The molecule has 0 aliphatic rings. The third-order valence-corrected chi connectivity index (χ3v) is 3.66. The molecule has 0 heterocycles. The van der Waals surface area contributed by atoms with Crippen LogP contribution in [0.2, 0.25) is 0 Å². The molecule has 0 aliphatic heterocycles. The summed E-state index contributed by atoms with van der Waals surface area (Å²) < 4.78 is 32.3. The average molecular weight is 271 g/mol. The molecule has 0 unspecified atom stereocenters. The summed E-state index contributed by atoms with van der Waals surface area (Å²) >= 11 is 0. The van der Waals surface area contributed by atoms with Crippen molar-refractivity contribution in [3.05, 3.63) is 48.0 Å². The van der Waals surface area contributed by atoms with Crippen LogP contribution < -0.4 is 0 Å². The van der Waals surface area contributed by atoms with Gasteiger partial charge in [-0.2, -0.15) is 8.42 Å². The predicted octanol–water partition coefficient (Wildman–Crippen LogP) is 2.66. The van der Waals surface area contributed by atoms with Crippen LogP contribution in [0.4, 0.5) is 0 Å². The Morgan fingerprint density at radius 2 is 1.89 bits per heavy atom. The summed E-state index contributed by atoms with van der Waals surface area (Å²) in [5.74, 6) is 0. The summed E-state index contributed by atoms with van der Waals surface area (Å²) in [4.78, 5) is -0.0666. The van der Waals surface area contributed by atoms with Gasteiger partial charge in [0.05, 0.1) is 0 Å². The molecule has 0 fully saturated rings. The van der Waals surface area contributed by atoms with Crippen LogP contribution in [0.3, 0.4) is 0 Å². The van der Waals surface area contributed by atoms with Crippen LogP contribution >= 0.6 is 0 Å². The van der Waals surface area contributed by atoms with Crippen molar-refractivity contribution in [3.63, 3.8) is 0 Å². The molecule has 2 aromatic carbocycles. The van der Waals surface area contributed by atoms with E-state index in [1.54, 1.807) is 19.1 Å². The van der Waals surface area contributed by atoms with Gasteiger partial charge in [0.1, 0.15) is 4.90 Å². The van der Waals surface area contributed by atoms with Gasteiger partial charge in [-0.05, 0) is 23.4 Å². The van der Waals surface area contributed by atoms with Crippen molar-refractivity contribution in [1.29, 1.82) is 0 Å². The first-order chi connectivity index (χ1) is 7.95. The van der Waals surface area contributed by atoms with E-state index in [-0.39, 0.29) is 34.5 Å². The molecule has 2 aromatic rings. The van der Waals surface area contributed by atoms with Crippen LogP contribution in [0.15, 0.2) is 41.8 Å². The molecule has 18 heavy (non-hydrogen) atoms. The van der Waals surface area contributed by atoms with Gasteiger partial charge in [-0.1, -0.05) is 43.0 Å². The smallest absolute Gasteiger partial charge is 0.282 e. The van der Waals surface area contributed by atoms with Gasteiger partial charge < -0.3 is 0 Å². The SMILES string of the molecule is C=Cc1c(C)cc2ccccc2c1S(=O)(=O)O.[Na]. The Hall–Kier alpha value is -0.650. The maximum atomic E-state index is 11.5. The number of aryl methyl sites for hydroxylation is 1. The van der Waals surface area contributed by atoms with Gasteiger partial charge in [-0.3, -0.25) is 4.55 Å². The fourth-order valence-electron chi connectivity index (χ4n) is 2.00. The second-order valence-corrected chi connectivity index (χ2v) is 5.19. The van der Waals surface area contributed by atoms with E-state index < -0.39 is 10.1 Å². The standard InChI is InChI=1S/C13H12O3S.Na/c1-3-11-9(2)8-10-6-4-5-7-12(10)13(11)17(14,15)16;/h3-8H,1H2,2H3,(H,14,15,16);. The zero-order valence-corrected chi connectivity index (χ0v) is 13.2. The molecule has 89 valence electrons. The Morgan fingerprint density at radius 3 is 2.44 bits per heavy atom. The summed E-state index contributed by atoms with van der Waals surface area (Å²) in [6.45, 7) is 5.39. The van der Waals surface area contributed by atoms with Gasteiger partial charge in [0.2, 0.25) is 0 Å². The van der Waals surface area contributed by atoms with Crippen molar-refractivity contribution in [1.82, 2.24) is 0 Å². The van der Waals surface area contributed by atoms with Gasteiger partial charge in [0.25, 0.3) is 10.1 Å². The van der Waals surface area contributed by atoms with Crippen LogP contribution in [0.25, 0.3) is 16.8 Å². The Labute approximate surface area is 129 Å². The molecule has 0 amide bonds. The molecular weight excluding hydrogens is 259 g/mol. The van der Waals surface area contributed by atoms with E-state index in [4.69, 9.17) is 0 Å². The van der Waals surface area contributed by atoms with Crippen molar-refractivity contribution in [2.75, 3.05) is 0 Å². The topological polar surface area (TPSA) is 54.4 Å². The predicted molar refractivity (Wildman–Crippen MR) is 74.3 cm³/mol. The Kier molecular flexibility index (Phi) is 4.75. The van der Waals surface area contributed by atoms with Crippen molar-refractivity contribution >= 4 is 56.5 Å². The minimum atomic E-state index is -4.27. The maximum absolute atomic E-state index is 11.5. The van der Waals surface area contributed by atoms with Crippen molar-refractivity contribution in [2.24, 2.45) is 0 Å². The van der Waals surface area contributed by atoms with E-state index in [0.717, 1.165) is 10.9 Å². The van der Waals surface area contributed by atoms with E-state index in [2.05, 4.69) is 6.58 Å². The molecule has 5 heteroatoms. The molecule has 0 saturated heterocycles. The molecule has 3 nitrogen and oxygen atoms in total. The minimum Gasteiger partial charge on any atom is -0.282 e. The van der Waals surface area contributed by atoms with E-state index in [1.807, 2.05) is 18.2 Å². The first kappa shape index (κ1) is 15.4. The van der Waals surface area contributed by atoms with E-state index in [9.17, 15) is 13.0 Å². The van der Waals surface area contributed by atoms with E-state index in [1.165, 1.54) is 6.08 Å². The molecule has 0 bridgehead atoms. The zero-order valence-electron chi connectivity index (χ0n) is 10.3. The first-order valence-electron chi connectivity index (χ1n) is 5.07. The Morgan fingerprint density at radius 1 is 1.28 bits per heavy atom. The average Bonchev–Trinajstić information content (AvgIpc) is 2.25. The molecule has 0 atom stereocenters. The fourth-order valence-corrected chi connectivity index (χ4v) is 2.98. The number of benzene rings is 2. The van der Waals surface area contributed by atoms with Crippen LogP contribution in [0.5, 0.6) is 0 Å². The second-order valence-electron chi connectivity index (χ2n) is 3.84. The number of fused-ring (bicyclic) bond motifs is 1. The second kappa shape index (κ2) is 5.55. The molecule has 0 saturated carbocycles. The summed E-state index contributed by atoms with van der Waals surface area (Å²) in [7, 11) is -4.27. The largest absolute Gasteiger partial charge is 0.295 e. The van der Waals surface area contributed by atoms with Gasteiger partial charge in [-0.15, -0.1) is 0 Å². The number of hydrogen-bond donors (Lipinski definition) is 1. The number of rotatable bonds is 2. The third kappa shape index (κ3) is 2.68. The monoisotopic (exact) mass is 271 g/mol. The molecule has 0 aromatic heterocycles. The molecule has 2 rings (SSSR count). The van der Waals surface area contributed by atoms with Gasteiger partial charge in [-0.25, -0.2) is 0 Å². The van der Waals surface area contributed by atoms with Crippen molar-refractivity contribution in [3.8, 4) is 0 Å². The summed E-state index contributed by atoms with van der Waals surface area (Å²) in [6.07, 6.45) is 1.45. The molecule has 0 spiro atoms. The normalized spacial score (nSPS) is 11.0. The van der Waals surface area contributed by atoms with Crippen molar-refractivity contribution in [2.45, 2.75) is 11.8 Å². The summed E-state index contributed by atoms with van der Waals surface area (Å²) in [5, 5.41) is 1.29. The summed E-state index contributed by atoms with van der Waals surface area (Å²) in [5.41, 5.74) is 1.22. The molecular formula is C13H12NaO3S. The van der Waals surface area contributed by atoms with Crippen LogP contribution in [-0.4, -0.2) is 42.5 Å². The van der Waals surface area contributed by atoms with Crippen molar-refractivity contribution < 1.29 is 13.0 Å². The molecule has 1 radical (unpaired) electrons. The van der Waals surface area contributed by atoms with E-state index >= 15 is 0 Å². The molecule has 1 N–H and O–H groups in total. The molecule has 0 aliphatic carbocycles. The number of hydrogen-bond acceptors (Lipinski definition) is 2. The Balaban J connectivity index is 0.00000162. The Bertz CT molecular complexity index is 705. The zero-order chi connectivity index (χ0) is 12.6. The fraction of sp³-hybridized carbons (Fsp3) is 0.0769. The van der Waals surface area contributed by atoms with Gasteiger partial charge in [0, 0.05) is 34.9 Å². The minimum absolute atomic E-state index is 0. The van der Waals surface area contributed by atoms with Crippen LogP contribution in [0.1, 0.15) is 11.1 Å². The van der Waals surface area contributed by atoms with Crippen LogP contribution in [0, 0.1) is 6.92 Å². The summed E-state index contributed by atoms with van der Waals surface area (Å²) in [6, 6.07) is 8.91. The maximum Gasteiger partial charge on any atom is 0.295 e. The van der Waals surface area contributed by atoms with Gasteiger partial charge >= 0.3 is 0 Å². The van der Waals surface area contributed by atoms with E-state index in [0.29, 0.717) is 10.9 Å². The van der Waals surface area contributed by atoms with Crippen LogP contribution in [-0.2, 0) is 10.1 Å².